The molecule has 3 rings (SSSR count). The summed E-state index contributed by atoms with van der Waals surface area (Å²) < 4.78 is 0. The average Bonchev–Trinajstić information content (AvgIpc) is 2.46. The van der Waals surface area contributed by atoms with Gasteiger partial charge in [0.05, 0.1) is 17.4 Å². The third kappa shape index (κ3) is 2.37. The number of aldehydes is 1. The lowest BCUT2D eigenvalue weighted by Gasteiger charge is -2.32. The number of nitrogens with one attached hydrogen (secondary N) is 1. The van der Waals surface area contributed by atoms with Crippen molar-refractivity contribution in [3.05, 3.63) is 47.5 Å². The molecule has 0 spiro atoms. The quantitative estimate of drug-likeness (QED) is 0.859. The van der Waals surface area contributed by atoms with E-state index < -0.39 is 0 Å². The molecule has 0 aliphatic carbocycles. The molecular formula is C16H15ClN2O. The van der Waals surface area contributed by atoms with Crippen molar-refractivity contribution in [3.8, 4) is 11.1 Å². The second-order valence-electron chi connectivity index (χ2n) is 5.01. The van der Waals surface area contributed by atoms with E-state index in [1.54, 1.807) is 0 Å². The minimum atomic E-state index is -0.149. The van der Waals surface area contributed by atoms with Gasteiger partial charge in [-0.2, -0.15) is 0 Å². The van der Waals surface area contributed by atoms with Crippen LogP contribution in [0.15, 0.2) is 42.5 Å². The minimum absolute atomic E-state index is 0.149. The van der Waals surface area contributed by atoms with E-state index in [-0.39, 0.29) is 6.04 Å². The number of likely N-dealkylation sites (N-methyl/N-ethyl adjacent to an activating group) is 1. The van der Waals surface area contributed by atoms with Gasteiger partial charge in [0.2, 0.25) is 0 Å². The summed E-state index contributed by atoms with van der Waals surface area (Å²) in [6.07, 6.45) is 0.949. The van der Waals surface area contributed by atoms with Crippen molar-refractivity contribution in [2.24, 2.45) is 0 Å². The van der Waals surface area contributed by atoms with Crippen LogP contribution in [0.3, 0.4) is 0 Å². The standard InChI is InChI=1S/C16H15ClN2O/c1-19-9-14(10-20)18-15-6-5-12(8-16(15)19)11-3-2-4-13(17)7-11/h2-8,10,14,18H,9H2,1H3. The Bertz CT molecular complexity index is 657. The Morgan fingerprint density at radius 2 is 2.05 bits per heavy atom. The molecule has 20 heavy (non-hydrogen) atoms. The van der Waals surface area contributed by atoms with Gasteiger partial charge >= 0.3 is 0 Å². The highest BCUT2D eigenvalue weighted by molar-refractivity contribution is 6.30. The number of carbonyl (C=O) groups excluding carboxylic acids is 1. The monoisotopic (exact) mass is 286 g/mol. The van der Waals surface area contributed by atoms with E-state index in [1.165, 1.54) is 0 Å². The maximum atomic E-state index is 10.9. The second-order valence-corrected chi connectivity index (χ2v) is 5.45. The Hall–Kier alpha value is -2.00. The van der Waals surface area contributed by atoms with E-state index in [0.29, 0.717) is 6.54 Å². The topological polar surface area (TPSA) is 32.3 Å². The van der Waals surface area contributed by atoms with Gasteiger partial charge in [-0.05, 0) is 35.4 Å². The average molecular weight is 287 g/mol. The Balaban J connectivity index is 2.01. The van der Waals surface area contributed by atoms with E-state index in [2.05, 4.69) is 16.3 Å². The van der Waals surface area contributed by atoms with Crippen molar-refractivity contribution in [1.82, 2.24) is 0 Å². The van der Waals surface area contributed by atoms with Crippen LogP contribution in [0.1, 0.15) is 0 Å². The van der Waals surface area contributed by atoms with E-state index in [9.17, 15) is 4.79 Å². The molecule has 1 aliphatic heterocycles. The summed E-state index contributed by atoms with van der Waals surface area (Å²) in [6, 6.07) is 13.8. The fraction of sp³-hybridized carbons (Fsp3) is 0.188. The van der Waals surface area contributed by atoms with Crippen LogP contribution in [0.25, 0.3) is 11.1 Å². The second kappa shape index (κ2) is 5.17. The number of rotatable bonds is 2. The van der Waals surface area contributed by atoms with Crippen LogP contribution in [0, 0.1) is 0 Å². The van der Waals surface area contributed by atoms with Crippen LogP contribution >= 0.6 is 11.6 Å². The lowest BCUT2D eigenvalue weighted by atomic mass is 10.0. The predicted molar refractivity (Wildman–Crippen MR) is 83.6 cm³/mol. The van der Waals surface area contributed by atoms with E-state index in [4.69, 9.17) is 11.6 Å². The van der Waals surface area contributed by atoms with Crippen LogP contribution in [0.4, 0.5) is 11.4 Å². The molecule has 1 atom stereocenters. The minimum Gasteiger partial charge on any atom is -0.372 e. The molecule has 102 valence electrons. The van der Waals surface area contributed by atoms with Crippen molar-refractivity contribution in [2.75, 3.05) is 23.8 Å². The van der Waals surface area contributed by atoms with Gasteiger partial charge in [0.25, 0.3) is 0 Å². The summed E-state index contributed by atoms with van der Waals surface area (Å²) in [5, 5.41) is 3.96. The molecular weight excluding hydrogens is 272 g/mol. The molecule has 2 aromatic carbocycles. The third-order valence-corrected chi connectivity index (χ3v) is 3.78. The number of halogens is 1. The first-order valence-corrected chi connectivity index (χ1v) is 6.88. The lowest BCUT2D eigenvalue weighted by molar-refractivity contribution is -0.108. The molecule has 0 radical (unpaired) electrons. The summed E-state index contributed by atoms with van der Waals surface area (Å²) in [6.45, 7) is 0.676. The van der Waals surface area contributed by atoms with Crippen molar-refractivity contribution in [2.45, 2.75) is 6.04 Å². The number of benzene rings is 2. The Morgan fingerprint density at radius 1 is 1.25 bits per heavy atom. The highest BCUT2D eigenvalue weighted by Crippen LogP contribution is 2.34. The molecule has 0 saturated carbocycles. The third-order valence-electron chi connectivity index (χ3n) is 3.54. The number of carbonyl (C=O) groups is 1. The molecule has 0 aromatic heterocycles. The maximum absolute atomic E-state index is 10.9. The summed E-state index contributed by atoms with van der Waals surface area (Å²) in [7, 11) is 2.00. The molecule has 3 nitrogen and oxygen atoms in total. The lowest BCUT2D eigenvalue weighted by Crippen LogP contribution is -2.40. The molecule has 0 bridgehead atoms. The number of anilines is 2. The van der Waals surface area contributed by atoms with Crippen molar-refractivity contribution in [1.29, 1.82) is 0 Å². The highest BCUT2D eigenvalue weighted by atomic mass is 35.5. The molecule has 0 amide bonds. The molecule has 2 aromatic rings. The highest BCUT2D eigenvalue weighted by Gasteiger charge is 2.21. The zero-order valence-electron chi connectivity index (χ0n) is 11.1. The van der Waals surface area contributed by atoms with Gasteiger partial charge in [-0.3, -0.25) is 0 Å². The molecule has 1 unspecified atom stereocenters. The van der Waals surface area contributed by atoms with Crippen LogP contribution in [-0.2, 0) is 4.79 Å². The number of nitrogens with zero attached hydrogens (tertiary/aromatic N) is 1. The van der Waals surface area contributed by atoms with Crippen LogP contribution < -0.4 is 10.2 Å². The van der Waals surface area contributed by atoms with Crippen molar-refractivity contribution >= 4 is 29.3 Å². The van der Waals surface area contributed by atoms with Crippen molar-refractivity contribution < 1.29 is 4.79 Å². The maximum Gasteiger partial charge on any atom is 0.144 e. The Labute approximate surface area is 123 Å². The molecule has 1 heterocycles. The van der Waals surface area contributed by atoms with Crippen LogP contribution in [0.5, 0.6) is 0 Å². The van der Waals surface area contributed by atoms with Gasteiger partial charge in [-0.25, -0.2) is 0 Å². The SMILES string of the molecule is CN1CC(C=O)Nc2ccc(-c3cccc(Cl)c3)cc21. The summed E-state index contributed by atoms with van der Waals surface area (Å²) in [5.41, 5.74) is 4.29. The van der Waals surface area contributed by atoms with Gasteiger partial charge in [0, 0.05) is 18.6 Å². The largest absolute Gasteiger partial charge is 0.372 e. The summed E-state index contributed by atoms with van der Waals surface area (Å²) in [4.78, 5) is 13.0. The van der Waals surface area contributed by atoms with E-state index in [1.807, 2.05) is 43.4 Å². The molecule has 0 fully saturated rings. The molecule has 0 saturated heterocycles. The van der Waals surface area contributed by atoms with Gasteiger partial charge in [-0.15, -0.1) is 0 Å². The van der Waals surface area contributed by atoms with E-state index in [0.717, 1.165) is 33.8 Å². The van der Waals surface area contributed by atoms with E-state index >= 15 is 0 Å². The number of fused-ring (bicyclic) bond motifs is 1. The first kappa shape index (κ1) is 13.0. The smallest absolute Gasteiger partial charge is 0.144 e. The summed E-state index contributed by atoms with van der Waals surface area (Å²) in [5.74, 6) is 0. The van der Waals surface area contributed by atoms with Crippen LogP contribution in [0.2, 0.25) is 5.02 Å². The predicted octanol–water partition coefficient (Wildman–Crippen LogP) is 3.44. The fourth-order valence-corrected chi connectivity index (χ4v) is 2.72. The van der Waals surface area contributed by atoms with Crippen LogP contribution in [-0.4, -0.2) is 25.9 Å². The fourth-order valence-electron chi connectivity index (χ4n) is 2.53. The normalized spacial score (nSPS) is 17.3. The van der Waals surface area contributed by atoms with Gasteiger partial charge in [0.1, 0.15) is 6.29 Å². The first-order chi connectivity index (χ1) is 9.67. The Kier molecular flexibility index (Phi) is 3.36. The van der Waals surface area contributed by atoms with Crippen molar-refractivity contribution in [3.63, 3.8) is 0 Å². The zero-order valence-corrected chi connectivity index (χ0v) is 11.9. The number of hydrogen-bond donors (Lipinski definition) is 1. The number of hydrogen-bond acceptors (Lipinski definition) is 3. The van der Waals surface area contributed by atoms with Gasteiger partial charge < -0.3 is 15.0 Å². The molecule has 1 N–H and O–H groups in total. The van der Waals surface area contributed by atoms with Gasteiger partial charge in [0.15, 0.2) is 0 Å². The zero-order chi connectivity index (χ0) is 14.1. The summed E-state index contributed by atoms with van der Waals surface area (Å²) >= 11 is 6.04. The molecule has 4 heteroatoms. The molecule has 1 aliphatic rings. The Morgan fingerprint density at radius 3 is 2.80 bits per heavy atom. The van der Waals surface area contributed by atoms with Gasteiger partial charge in [-0.1, -0.05) is 29.8 Å². The first-order valence-electron chi connectivity index (χ1n) is 6.50.